The number of benzene rings is 2. The summed E-state index contributed by atoms with van der Waals surface area (Å²) in [7, 11) is 1.81. The van der Waals surface area contributed by atoms with Gasteiger partial charge < -0.3 is 20.3 Å². The maximum Gasteiger partial charge on any atom is 0.209 e. The molecule has 9 heteroatoms. The number of nitrogens with zero attached hydrogens (tertiary/aromatic N) is 4. The van der Waals surface area contributed by atoms with Gasteiger partial charge in [-0.2, -0.15) is 0 Å². The first-order chi connectivity index (χ1) is 14.1. The van der Waals surface area contributed by atoms with E-state index < -0.39 is 6.29 Å². The highest BCUT2D eigenvalue weighted by Crippen LogP contribution is 2.39. The van der Waals surface area contributed by atoms with E-state index in [1.807, 2.05) is 55.6 Å². The van der Waals surface area contributed by atoms with E-state index in [0.717, 1.165) is 21.8 Å². The van der Waals surface area contributed by atoms with Crippen LogP contribution in [0.5, 0.6) is 0 Å². The number of hydrogen-bond donors (Lipinski definition) is 2. The molecule has 0 spiro atoms. The molecule has 1 saturated heterocycles. The van der Waals surface area contributed by atoms with Gasteiger partial charge in [0.1, 0.15) is 0 Å². The third-order valence-corrected chi connectivity index (χ3v) is 5.92. The van der Waals surface area contributed by atoms with Gasteiger partial charge in [0.25, 0.3) is 0 Å². The number of nitrogens with two attached hydrogens (primary N) is 1. The van der Waals surface area contributed by atoms with Gasteiger partial charge in [0, 0.05) is 30.5 Å². The summed E-state index contributed by atoms with van der Waals surface area (Å²) in [5.41, 5.74) is 9.43. The molecular weight excluding hydrogens is 390 g/mol. The summed E-state index contributed by atoms with van der Waals surface area (Å²) in [6, 6.07) is 15.4. The molecule has 2 aromatic carbocycles. The molecule has 1 aliphatic heterocycles. The van der Waals surface area contributed by atoms with Gasteiger partial charge in [-0.1, -0.05) is 48.2 Å². The lowest BCUT2D eigenvalue weighted by molar-refractivity contribution is -0.245. The van der Waals surface area contributed by atoms with Crippen LogP contribution < -0.4 is 5.73 Å². The largest absolute Gasteiger partial charge is 0.399 e. The molecule has 3 atom stereocenters. The van der Waals surface area contributed by atoms with Crippen LogP contribution in [0.4, 0.5) is 5.69 Å². The van der Waals surface area contributed by atoms with Crippen molar-refractivity contribution in [2.75, 3.05) is 11.5 Å². The topological polar surface area (TPSA) is 108 Å². The van der Waals surface area contributed by atoms with Crippen LogP contribution in [0.3, 0.4) is 0 Å². The number of hydrogen-bond acceptors (Lipinski definition) is 8. The van der Waals surface area contributed by atoms with E-state index in [1.165, 1.54) is 0 Å². The van der Waals surface area contributed by atoms with E-state index in [0.29, 0.717) is 17.9 Å². The van der Waals surface area contributed by atoms with Gasteiger partial charge in [-0.05, 0) is 33.7 Å². The van der Waals surface area contributed by atoms with Crippen LogP contribution in [0.2, 0.25) is 0 Å². The number of aryl methyl sites for hydroxylation is 1. The fraction of sp³-hybridized carbons (Fsp3) is 0.350. The minimum atomic E-state index is -0.516. The number of anilines is 1. The quantitative estimate of drug-likeness (QED) is 0.469. The van der Waals surface area contributed by atoms with Crippen LogP contribution in [0, 0.1) is 0 Å². The molecule has 0 bridgehead atoms. The first-order valence-corrected chi connectivity index (χ1v) is 10.3. The first-order valence-electron chi connectivity index (χ1n) is 9.33. The maximum atomic E-state index is 9.30. The zero-order valence-corrected chi connectivity index (χ0v) is 16.8. The van der Waals surface area contributed by atoms with Crippen molar-refractivity contribution >= 4 is 17.4 Å². The zero-order valence-electron chi connectivity index (χ0n) is 16.0. The van der Waals surface area contributed by atoms with Crippen molar-refractivity contribution < 1.29 is 14.6 Å². The number of aromatic nitrogens is 4. The minimum Gasteiger partial charge on any atom is -0.399 e. The molecule has 1 aliphatic rings. The van der Waals surface area contributed by atoms with Gasteiger partial charge >= 0.3 is 0 Å². The Morgan fingerprint density at radius 2 is 2.00 bits per heavy atom. The van der Waals surface area contributed by atoms with Crippen molar-refractivity contribution in [2.24, 2.45) is 7.05 Å². The SMILES string of the molecule is Cn1nnnc1SC[C@H]1C[C@@H](c2ccc(CO)cc2)O[C@@H](c2cccc(N)c2)O1. The number of tetrazole rings is 1. The van der Waals surface area contributed by atoms with Gasteiger partial charge in [-0.3, -0.25) is 0 Å². The predicted octanol–water partition coefficient (Wildman–Crippen LogP) is 2.62. The predicted molar refractivity (Wildman–Crippen MR) is 109 cm³/mol. The van der Waals surface area contributed by atoms with Crippen LogP contribution in [0.1, 0.15) is 35.5 Å². The van der Waals surface area contributed by atoms with E-state index in [2.05, 4.69) is 15.5 Å². The van der Waals surface area contributed by atoms with Crippen LogP contribution in [-0.4, -0.2) is 37.2 Å². The second-order valence-electron chi connectivity index (χ2n) is 6.92. The molecule has 1 fully saturated rings. The molecule has 1 aromatic heterocycles. The molecule has 3 N–H and O–H groups in total. The summed E-state index contributed by atoms with van der Waals surface area (Å²) in [6.45, 7) is 0.0197. The number of ether oxygens (including phenoxy) is 2. The Morgan fingerprint density at radius 3 is 2.69 bits per heavy atom. The summed E-state index contributed by atoms with van der Waals surface area (Å²) in [4.78, 5) is 0. The van der Waals surface area contributed by atoms with Gasteiger partial charge in [0.15, 0.2) is 6.29 Å². The van der Waals surface area contributed by atoms with Crippen molar-refractivity contribution in [2.45, 2.75) is 36.7 Å². The fourth-order valence-corrected chi connectivity index (χ4v) is 4.11. The molecule has 0 unspecified atom stereocenters. The molecule has 0 aliphatic carbocycles. The molecule has 0 radical (unpaired) electrons. The summed E-state index contributed by atoms with van der Waals surface area (Å²) in [5, 5.41) is 21.6. The summed E-state index contributed by atoms with van der Waals surface area (Å²) >= 11 is 1.55. The van der Waals surface area contributed by atoms with Crippen LogP contribution in [-0.2, 0) is 23.1 Å². The van der Waals surface area contributed by atoms with Gasteiger partial charge in [0.2, 0.25) is 5.16 Å². The van der Waals surface area contributed by atoms with Crippen LogP contribution in [0.25, 0.3) is 0 Å². The molecule has 29 heavy (non-hydrogen) atoms. The Bertz CT molecular complexity index is 949. The average molecular weight is 414 g/mol. The Kier molecular flexibility index (Phi) is 6.10. The van der Waals surface area contributed by atoms with Gasteiger partial charge in [-0.25, -0.2) is 4.68 Å². The molecule has 8 nitrogen and oxygen atoms in total. The van der Waals surface area contributed by atoms with Crippen molar-refractivity contribution in [1.82, 2.24) is 20.2 Å². The highest BCUT2D eigenvalue weighted by atomic mass is 32.2. The van der Waals surface area contributed by atoms with Gasteiger partial charge in [0.05, 0.1) is 18.8 Å². The number of nitrogen functional groups attached to an aromatic ring is 1. The summed E-state index contributed by atoms with van der Waals surface area (Å²) < 4.78 is 14.2. The van der Waals surface area contributed by atoms with Crippen LogP contribution >= 0.6 is 11.8 Å². The Balaban J connectivity index is 1.54. The molecule has 0 saturated carbocycles. The minimum absolute atomic E-state index is 0.0197. The molecule has 3 aromatic rings. The van der Waals surface area contributed by atoms with Gasteiger partial charge in [-0.15, -0.1) is 5.10 Å². The Labute approximate surface area is 173 Å². The van der Waals surface area contributed by atoms with E-state index >= 15 is 0 Å². The molecule has 0 amide bonds. The highest BCUT2D eigenvalue weighted by Gasteiger charge is 2.32. The Morgan fingerprint density at radius 1 is 1.17 bits per heavy atom. The Hall–Kier alpha value is -2.46. The standard InChI is InChI=1S/C20H23N5O3S/c1-25-20(22-23-24-25)29-12-17-10-18(14-7-5-13(11-26)6-8-14)28-19(27-17)15-3-2-4-16(21)9-15/h2-9,17-19,26H,10-12,21H2,1H3/t17-,18+,19+/m1/s1. The first kappa shape index (κ1) is 19.8. The number of thioether (sulfide) groups is 1. The maximum absolute atomic E-state index is 9.30. The third-order valence-electron chi connectivity index (χ3n) is 4.78. The number of aliphatic hydroxyl groups is 1. The second kappa shape index (κ2) is 8.91. The number of rotatable bonds is 6. The lowest BCUT2D eigenvalue weighted by Crippen LogP contribution is -2.31. The van der Waals surface area contributed by atoms with Crippen molar-refractivity contribution in [3.63, 3.8) is 0 Å². The fourth-order valence-electron chi connectivity index (χ4n) is 3.24. The second-order valence-corrected chi connectivity index (χ2v) is 7.90. The average Bonchev–Trinajstić information content (AvgIpc) is 3.17. The smallest absolute Gasteiger partial charge is 0.209 e. The van der Waals surface area contributed by atoms with E-state index in [9.17, 15) is 5.11 Å². The monoisotopic (exact) mass is 413 g/mol. The van der Waals surface area contributed by atoms with E-state index in [1.54, 1.807) is 16.4 Å². The zero-order chi connectivity index (χ0) is 20.2. The normalized spacial score (nSPS) is 21.9. The lowest BCUT2D eigenvalue weighted by atomic mass is 10.0. The van der Waals surface area contributed by atoms with Crippen molar-refractivity contribution in [1.29, 1.82) is 0 Å². The molecule has 2 heterocycles. The van der Waals surface area contributed by atoms with Crippen molar-refractivity contribution in [3.8, 4) is 0 Å². The van der Waals surface area contributed by atoms with E-state index in [-0.39, 0.29) is 18.8 Å². The number of aliphatic hydroxyl groups excluding tert-OH is 1. The van der Waals surface area contributed by atoms with Crippen molar-refractivity contribution in [3.05, 3.63) is 65.2 Å². The van der Waals surface area contributed by atoms with E-state index in [4.69, 9.17) is 15.2 Å². The third kappa shape index (κ3) is 4.76. The molecular formula is C20H23N5O3S. The summed E-state index contributed by atoms with van der Waals surface area (Å²) in [5.74, 6) is 0.696. The molecule has 4 rings (SSSR count). The molecule has 152 valence electrons. The lowest BCUT2D eigenvalue weighted by Gasteiger charge is -2.36. The van der Waals surface area contributed by atoms with Crippen LogP contribution in [0.15, 0.2) is 53.7 Å². The summed E-state index contributed by atoms with van der Waals surface area (Å²) in [6.07, 6.45) is -0.00113. The highest BCUT2D eigenvalue weighted by molar-refractivity contribution is 7.99.